The Morgan fingerprint density at radius 3 is 3.06 bits per heavy atom. The predicted molar refractivity (Wildman–Crippen MR) is 70.8 cm³/mol. The lowest BCUT2D eigenvalue weighted by atomic mass is 10.1. The molecule has 0 saturated carbocycles. The highest BCUT2D eigenvalue weighted by atomic mass is 32.2. The van der Waals surface area contributed by atoms with Gasteiger partial charge in [0.1, 0.15) is 0 Å². The number of anilines is 1. The second-order valence-corrected chi connectivity index (χ2v) is 4.59. The van der Waals surface area contributed by atoms with E-state index in [-0.39, 0.29) is 5.91 Å². The van der Waals surface area contributed by atoms with Crippen LogP contribution >= 0.6 is 11.8 Å². The molecule has 0 saturated heterocycles. The molecule has 84 valence electrons. The first-order chi connectivity index (χ1) is 7.83. The van der Waals surface area contributed by atoms with Gasteiger partial charge >= 0.3 is 0 Å². The van der Waals surface area contributed by atoms with Crippen LogP contribution in [0.4, 0.5) is 5.69 Å². The maximum atomic E-state index is 12.0. The Hall–Kier alpha value is -1.22. The van der Waals surface area contributed by atoms with Gasteiger partial charge in [-0.05, 0) is 24.3 Å². The molecule has 0 radical (unpaired) electrons. The van der Waals surface area contributed by atoms with Gasteiger partial charge in [0.05, 0.1) is 11.4 Å². The molecule has 0 unspecified atom stereocenters. The van der Waals surface area contributed by atoms with Crippen LogP contribution in [0.25, 0.3) is 6.08 Å². The van der Waals surface area contributed by atoms with Crippen LogP contribution in [0.3, 0.4) is 0 Å². The third kappa shape index (κ3) is 2.30. The fourth-order valence-electron chi connectivity index (χ4n) is 1.87. The van der Waals surface area contributed by atoms with E-state index in [9.17, 15) is 4.79 Å². The van der Waals surface area contributed by atoms with Gasteiger partial charge in [0, 0.05) is 6.54 Å². The highest BCUT2D eigenvalue weighted by molar-refractivity contribution is 7.99. The summed E-state index contributed by atoms with van der Waals surface area (Å²) in [6.07, 6.45) is 7.11. The Kier molecular flexibility index (Phi) is 3.67. The topological polar surface area (TPSA) is 20.3 Å². The zero-order chi connectivity index (χ0) is 11.4. The minimum absolute atomic E-state index is 0.198. The van der Waals surface area contributed by atoms with Crippen molar-refractivity contribution in [1.82, 2.24) is 0 Å². The van der Waals surface area contributed by atoms with Gasteiger partial charge < -0.3 is 4.90 Å². The lowest BCUT2D eigenvalue weighted by Gasteiger charge is -2.22. The summed E-state index contributed by atoms with van der Waals surface area (Å²) in [4.78, 5) is 13.9. The Balaban J connectivity index is 2.32. The number of carbonyl (C=O) groups is 1. The van der Waals surface area contributed by atoms with Crippen LogP contribution in [0.5, 0.6) is 0 Å². The number of hydrogen-bond acceptors (Lipinski definition) is 2. The molecular formula is C13H15NOS. The third-order valence-corrected chi connectivity index (χ3v) is 3.15. The highest BCUT2D eigenvalue weighted by Crippen LogP contribution is 2.25. The number of amides is 1. The number of fused-ring (bicyclic) bond motifs is 1. The first-order valence-electron chi connectivity index (χ1n) is 5.38. The van der Waals surface area contributed by atoms with Crippen LogP contribution in [-0.2, 0) is 4.79 Å². The van der Waals surface area contributed by atoms with Crippen molar-refractivity contribution in [3.8, 4) is 0 Å². The summed E-state index contributed by atoms with van der Waals surface area (Å²) in [7, 11) is 0. The van der Waals surface area contributed by atoms with Gasteiger partial charge in [-0.15, -0.1) is 0 Å². The quantitative estimate of drug-likeness (QED) is 0.783. The molecule has 0 aliphatic carbocycles. The van der Waals surface area contributed by atoms with Crippen LogP contribution < -0.4 is 4.90 Å². The van der Waals surface area contributed by atoms with Crippen molar-refractivity contribution in [2.75, 3.05) is 23.5 Å². The molecule has 2 rings (SSSR count). The van der Waals surface area contributed by atoms with Gasteiger partial charge in [-0.3, -0.25) is 4.79 Å². The smallest absolute Gasteiger partial charge is 0.236 e. The van der Waals surface area contributed by atoms with Crippen molar-refractivity contribution >= 4 is 29.4 Å². The fourth-order valence-corrected chi connectivity index (χ4v) is 2.27. The van der Waals surface area contributed by atoms with Crippen molar-refractivity contribution in [2.24, 2.45) is 0 Å². The van der Waals surface area contributed by atoms with Gasteiger partial charge in [0.25, 0.3) is 0 Å². The van der Waals surface area contributed by atoms with E-state index in [0.717, 1.165) is 24.2 Å². The van der Waals surface area contributed by atoms with Gasteiger partial charge in [-0.2, -0.15) is 11.8 Å². The van der Waals surface area contributed by atoms with E-state index < -0.39 is 0 Å². The minimum Gasteiger partial charge on any atom is -0.311 e. The monoisotopic (exact) mass is 233 g/mol. The molecule has 1 heterocycles. The molecule has 3 heteroatoms. The van der Waals surface area contributed by atoms with Gasteiger partial charge in [0.15, 0.2) is 0 Å². The average Bonchev–Trinajstić information content (AvgIpc) is 2.51. The van der Waals surface area contributed by atoms with Crippen LogP contribution in [-0.4, -0.2) is 24.5 Å². The second kappa shape index (κ2) is 5.21. The number of carbonyl (C=O) groups excluding carboxylic acids is 1. The molecule has 1 aromatic rings. The van der Waals surface area contributed by atoms with E-state index in [1.54, 1.807) is 11.8 Å². The summed E-state index contributed by atoms with van der Waals surface area (Å²) in [5.74, 6) is 0.748. The zero-order valence-electron chi connectivity index (χ0n) is 9.35. The molecule has 2 nitrogen and oxygen atoms in total. The average molecular weight is 233 g/mol. The molecule has 16 heavy (non-hydrogen) atoms. The van der Waals surface area contributed by atoms with E-state index in [1.807, 2.05) is 29.4 Å². The number of benzene rings is 1. The van der Waals surface area contributed by atoms with Crippen molar-refractivity contribution in [2.45, 2.75) is 6.42 Å². The Bertz CT molecular complexity index is 414. The fraction of sp³-hybridized carbons (Fsp3) is 0.308. The van der Waals surface area contributed by atoms with Gasteiger partial charge in [0.2, 0.25) is 5.91 Å². The van der Waals surface area contributed by atoms with E-state index in [4.69, 9.17) is 0 Å². The van der Waals surface area contributed by atoms with Crippen LogP contribution in [0.15, 0.2) is 30.3 Å². The number of hydrogen-bond donors (Lipinski definition) is 0. The Morgan fingerprint density at radius 1 is 1.44 bits per heavy atom. The summed E-state index contributed by atoms with van der Waals surface area (Å²) in [5.41, 5.74) is 2.17. The van der Waals surface area contributed by atoms with Crippen LogP contribution in [0, 0.1) is 0 Å². The van der Waals surface area contributed by atoms with E-state index in [1.165, 1.54) is 0 Å². The lowest BCUT2D eigenvalue weighted by molar-refractivity contribution is -0.116. The van der Waals surface area contributed by atoms with E-state index in [2.05, 4.69) is 18.2 Å². The number of nitrogens with zero attached hydrogens (tertiary/aromatic N) is 1. The van der Waals surface area contributed by atoms with Crippen LogP contribution in [0.1, 0.15) is 12.0 Å². The summed E-state index contributed by atoms with van der Waals surface area (Å²) < 4.78 is 0. The van der Waals surface area contributed by atoms with Crippen LogP contribution in [0.2, 0.25) is 0 Å². The van der Waals surface area contributed by atoms with Crippen molar-refractivity contribution in [3.63, 3.8) is 0 Å². The first kappa shape index (κ1) is 11.3. The number of rotatable bonds is 2. The number of thioether (sulfide) groups is 1. The third-order valence-electron chi connectivity index (χ3n) is 2.61. The first-order valence-corrected chi connectivity index (χ1v) is 6.77. The zero-order valence-corrected chi connectivity index (χ0v) is 10.2. The standard InChI is InChI=1S/C13H15NOS/c1-16-10-13(15)14-9-5-4-7-11-6-2-3-8-12(11)14/h2-4,6-8H,5,9-10H2,1H3. The van der Waals surface area contributed by atoms with Gasteiger partial charge in [-0.25, -0.2) is 0 Å². The molecule has 1 aliphatic rings. The highest BCUT2D eigenvalue weighted by Gasteiger charge is 2.17. The maximum Gasteiger partial charge on any atom is 0.236 e. The molecule has 0 fully saturated rings. The van der Waals surface area contributed by atoms with Crippen molar-refractivity contribution in [1.29, 1.82) is 0 Å². The molecule has 0 atom stereocenters. The SMILES string of the molecule is CSCC(=O)N1CCC=Cc2ccccc21. The molecule has 0 aromatic heterocycles. The van der Waals surface area contributed by atoms with E-state index >= 15 is 0 Å². The lowest BCUT2D eigenvalue weighted by Crippen LogP contribution is -2.33. The summed E-state index contributed by atoms with van der Waals surface area (Å²) >= 11 is 1.57. The Morgan fingerprint density at radius 2 is 2.25 bits per heavy atom. The van der Waals surface area contributed by atoms with Crippen molar-refractivity contribution in [3.05, 3.63) is 35.9 Å². The second-order valence-electron chi connectivity index (χ2n) is 3.73. The normalized spacial score (nSPS) is 14.4. The molecular weight excluding hydrogens is 218 g/mol. The molecule has 0 N–H and O–H groups in total. The minimum atomic E-state index is 0.198. The number of para-hydroxylation sites is 1. The predicted octanol–water partition coefficient (Wildman–Crippen LogP) is 2.80. The largest absolute Gasteiger partial charge is 0.311 e. The van der Waals surface area contributed by atoms with E-state index in [0.29, 0.717) is 5.75 Å². The summed E-state index contributed by atoms with van der Waals surface area (Å²) in [6, 6.07) is 8.06. The summed E-state index contributed by atoms with van der Waals surface area (Å²) in [5, 5.41) is 0. The molecule has 1 aliphatic heterocycles. The van der Waals surface area contributed by atoms with Gasteiger partial charge in [-0.1, -0.05) is 30.4 Å². The summed E-state index contributed by atoms with van der Waals surface area (Å²) in [6.45, 7) is 0.785. The Labute approximate surface area is 100 Å². The van der Waals surface area contributed by atoms with Crippen molar-refractivity contribution < 1.29 is 4.79 Å². The molecule has 1 aromatic carbocycles. The molecule has 0 bridgehead atoms. The molecule has 1 amide bonds. The maximum absolute atomic E-state index is 12.0. The molecule has 0 spiro atoms.